The Morgan fingerprint density at radius 1 is 0.816 bits per heavy atom. The molecular weight excluding hydrogens is 779 g/mol. The molecule has 0 bridgehead atoms. The Bertz CT molecular complexity index is 2310. The van der Waals surface area contributed by atoms with Gasteiger partial charge in [-0.3, -0.25) is 0 Å². The maximum absolute atomic E-state index is 6.26. The first kappa shape index (κ1) is 34.2. The van der Waals surface area contributed by atoms with Crippen LogP contribution in [0.3, 0.4) is 0 Å². The van der Waals surface area contributed by atoms with Crippen molar-refractivity contribution in [3.8, 4) is 22.4 Å². The zero-order valence-corrected chi connectivity index (χ0v) is 31.4. The fourth-order valence-corrected chi connectivity index (χ4v) is 6.39. The molecule has 8 rings (SSSR count). The molecule has 5 heteroatoms. The number of aromatic nitrogens is 1. The van der Waals surface area contributed by atoms with Gasteiger partial charge in [-0.2, -0.15) is 41.6 Å². The van der Waals surface area contributed by atoms with Gasteiger partial charge in [-0.25, -0.2) is 0 Å². The van der Waals surface area contributed by atoms with Crippen molar-refractivity contribution >= 4 is 32.7 Å². The molecule has 1 aliphatic heterocycles. The molecule has 0 N–H and O–H groups in total. The fourth-order valence-electron chi connectivity index (χ4n) is 6.39. The summed E-state index contributed by atoms with van der Waals surface area (Å²) in [6.45, 7) is 13.2. The van der Waals surface area contributed by atoms with Crippen LogP contribution < -0.4 is 0 Å². The molecule has 0 spiro atoms. The first-order valence-corrected chi connectivity index (χ1v) is 16.5. The molecule has 0 aliphatic carbocycles. The number of para-hydroxylation sites is 1. The van der Waals surface area contributed by atoms with E-state index < -0.39 is 0 Å². The van der Waals surface area contributed by atoms with E-state index in [-0.39, 0.29) is 31.7 Å². The molecule has 246 valence electrons. The number of nitrogens with zero attached hydrogens (tertiary/aromatic N) is 3. The summed E-state index contributed by atoms with van der Waals surface area (Å²) in [6.07, 6.45) is 5.89. The van der Waals surface area contributed by atoms with Gasteiger partial charge in [-0.05, 0) is 88.0 Å². The van der Waals surface area contributed by atoms with Crippen LogP contribution in [0.2, 0.25) is 0 Å². The third-order valence-corrected chi connectivity index (χ3v) is 9.22. The SMILES string of the molecule is Cc1c[c-]c(C2[N-]C=CN2C)cc1.Cc1cnc(-c2[c-]ccc3c2oc2ccccc23)cc1-c1cc2ccc(C(C)(C)C)cc2cc1C.[Ir+3]. The minimum atomic E-state index is 0. The van der Waals surface area contributed by atoms with Crippen LogP contribution in [0.4, 0.5) is 0 Å². The quantitative estimate of drug-likeness (QED) is 0.167. The summed E-state index contributed by atoms with van der Waals surface area (Å²) >= 11 is 0. The van der Waals surface area contributed by atoms with Gasteiger partial charge in [0, 0.05) is 18.6 Å². The van der Waals surface area contributed by atoms with Crippen LogP contribution in [-0.2, 0) is 25.5 Å². The Morgan fingerprint density at radius 2 is 1.61 bits per heavy atom. The standard InChI is InChI=1S/C33H28NO.C11H12N2.Ir/c1-20-15-23-16-24(33(3,4)5)14-13-22(23)17-28(20)29-18-30(34-19-21(29)2)27-11-8-10-26-25-9-6-7-12-31(25)35-32(26)27;1-9-3-5-10(6-4-9)11-12-7-8-13(11)2;/h6-10,12-19H,1-5H3;3-5,7-8,11H,1-2H3;/q-1;-2;+3. The van der Waals surface area contributed by atoms with Crippen molar-refractivity contribution in [3.63, 3.8) is 0 Å². The van der Waals surface area contributed by atoms with Crippen molar-refractivity contribution in [1.82, 2.24) is 9.88 Å². The Balaban J connectivity index is 0.000000250. The number of benzene rings is 5. The second-order valence-electron chi connectivity index (χ2n) is 13.9. The van der Waals surface area contributed by atoms with E-state index in [1.54, 1.807) is 0 Å². The van der Waals surface area contributed by atoms with Gasteiger partial charge >= 0.3 is 20.1 Å². The molecule has 7 aromatic rings. The average Bonchev–Trinajstić information content (AvgIpc) is 3.68. The molecule has 0 saturated carbocycles. The van der Waals surface area contributed by atoms with Crippen molar-refractivity contribution in [3.05, 3.63) is 155 Å². The van der Waals surface area contributed by atoms with Crippen LogP contribution in [0.15, 0.2) is 114 Å². The number of rotatable bonds is 3. The van der Waals surface area contributed by atoms with E-state index in [0.717, 1.165) is 44.3 Å². The van der Waals surface area contributed by atoms with E-state index in [4.69, 9.17) is 9.40 Å². The monoisotopic (exact) mass is 819 g/mol. The van der Waals surface area contributed by atoms with Gasteiger partial charge in [0.2, 0.25) is 0 Å². The maximum atomic E-state index is 6.26. The Morgan fingerprint density at radius 3 is 2.35 bits per heavy atom. The molecule has 0 fully saturated rings. The molecule has 1 unspecified atom stereocenters. The fraction of sp³-hybridized carbons (Fsp3) is 0.205. The molecule has 3 heterocycles. The number of hydrogen-bond donors (Lipinski definition) is 0. The number of fused-ring (bicyclic) bond motifs is 4. The van der Waals surface area contributed by atoms with Gasteiger partial charge in [0.25, 0.3) is 0 Å². The van der Waals surface area contributed by atoms with E-state index in [9.17, 15) is 0 Å². The molecule has 1 atom stereocenters. The predicted octanol–water partition coefficient (Wildman–Crippen LogP) is 11.8. The molecule has 0 radical (unpaired) electrons. The Kier molecular flexibility index (Phi) is 9.53. The molecule has 5 aromatic carbocycles. The first-order chi connectivity index (χ1) is 23.1. The van der Waals surface area contributed by atoms with Crippen molar-refractivity contribution < 1.29 is 24.5 Å². The van der Waals surface area contributed by atoms with Gasteiger partial charge in [-0.1, -0.05) is 87.2 Å². The molecule has 2 aromatic heterocycles. The van der Waals surface area contributed by atoms with E-state index in [2.05, 4.69) is 125 Å². The first-order valence-electron chi connectivity index (χ1n) is 16.5. The van der Waals surface area contributed by atoms with E-state index in [1.807, 2.05) is 56.0 Å². The minimum Gasteiger partial charge on any atom is -0.668 e. The van der Waals surface area contributed by atoms with E-state index in [0.29, 0.717) is 0 Å². The average molecular weight is 819 g/mol. The number of hydrogen-bond acceptors (Lipinski definition) is 3. The normalized spacial score (nSPS) is 14.1. The van der Waals surface area contributed by atoms with Crippen molar-refractivity contribution in [2.24, 2.45) is 0 Å². The van der Waals surface area contributed by atoms with Crippen LogP contribution in [0.25, 0.3) is 60.4 Å². The van der Waals surface area contributed by atoms with Crippen LogP contribution in [0.5, 0.6) is 0 Å². The molecule has 0 amide bonds. The van der Waals surface area contributed by atoms with Gasteiger partial charge in [-0.15, -0.1) is 18.2 Å². The third kappa shape index (κ3) is 6.79. The predicted molar refractivity (Wildman–Crippen MR) is 200 cm³/mol. The summed E-state index contributed by atoms with van der Waals surface area (Å²) in [4.78, 5) is 6.86. The zero-order chi connectivity index (χ0) is 33.6. The van der Waals surface area contributed by atoms with Crippen LogP contribution in [0.1, 0.15) is 54.8 Å². The Hall–Kier alpha value is -4.70. The third-order valence-electron chi connectivity index (χ3n) is 9.22. The largest absolute Gasteiger partial charge is 3.00 e. The molecule has 1 aliphatic rings. The second kappa shape index (κ2) is 13.7. The smallest absolute Gasteiger partial charge is 0.668 e. The minimum absolute atomic E-state index is 0. The van der Waals surface area contributed by atoms with Crippen LogP contribution in [0, 0.1) is 32.9 Å². The van der Waals surface area contributed by atoms with Crippen molar-refractivity contribution in [2.45, 2.75) is 53.1 Å². The summed E-state index contributed by atoms with van der Waals surface area (Å²) in [5.41, 5.74) is 12.2. The number of aryl methyl sites for hydroxylation is 3. The van der Waals surface area contributed by atoms with Gasteiger partial charge in [0.15, 0.2) is 0 Å². The summed E-state index contributed by atoms with van der Waals surface area (Å²) in [7, 11) is 2.02. The van der Waals surface area contributed by atoms with E-state index >= 15 is 0 Å². The summed E-state index contributed by atoms with van der Waals surface area (Å²) in [5, 5.41) is 9.07. The summed E-state index contributed by atoms with van der Waals surface area (Å²) in [6, 6.07) is 38.6. The van der Waals surface area contributed by atoms with Crippen molar-refractivity contribution in [1.29, 1.82) is 0 Å². The maximum Gasteiger partial charge on any atom is 3.00 e. The molecular formula is C44H40IrN3O. The number of pyridine rings is 1. The molecule has 49 heavy (non-hydrogen) atoms. The topological polar surface area (TPSA) is 43.4 Å². The van der Waals surface area contributed by atoms with E-state index in [1.165, 1.54) is 38.6 Å². The van der Waals surface area contributed by atoms with Gasteiger partial charge < -0.3 is 19.6 Å². The van der Waals surface area contributed by atoms with Crippen LogP contribution in [-0.4, -0.2) is 16.9 Å². The summed E-state index contributed by atoms with van der Waals surface area (Å²) < 4.78 is 6.26. The van der Waals surface area contributed by atoms with Gasteiger partial charge in [0.1, 0.15) is 5.58 Å². The number of furan rings is 1. The Labute approximate surface area is 303 Å². The molecule has 4 nitrogen and oxygen atoms in total. The molecule has 0 saturated heterocycles. The van der Waals surface area contributed by atoms with Gasteiger partial charge in [0.05, 0.1) is 5.58 Å². The second-order valence-corrected chi connectivity index (χ2v) is 13.9. The van der Waals surface area contributed by atoms with Crippen molar-refractivity contribution in [2.75, 3.05) is 7.05 Å². The zero-order valence-electron chi connectivity index (χ0n) is 29.1. The van der Waals surface area contributed by atoms with Crippen LogP contribution >= 0.6 is 0 Å². The summed E-state index contributed by atoms with van der Waals surface area (Å²) in [5.74, 6) is 0.